The SMILES string of the molecule is Fc1ccc(F)c(CN2CCN(c3nc(NCCOCC4CCOC4)nc4sccc34)CC2)c1. The Morgan fingerprint density at radius 2 is 2.03 bits per heavy atom. The molecule has 2 aromatic heterocycles. The average molecular weight is 490 g/mol. The summed E-state index contributed by atoms with van der Waals surface area (Å²) < 4.78 is 38.7. The Morgan fingerprint density at radius 3 is 2.85 bits per heavy atom. The number of rotatable bonds is 9. The van der Waals surface area contributed by atoms with Gasteiger partial charge in [0.2, 0.25) is 5.95 Å². The number of piperazine rings is 1. The van der Waals surface area contributed by atoms with E-state index in [9.17, 15) is 8.78 Å². The van der Waals surface area contributed by atoms with Crippen LogP contribution in [0.2, 0.25) is 0 Å². The summed E-state index contributed by atoms with van der Waals surface area (Å²) in [5.41, 5.74) is 0.393. The molecule has 7 nitrogen and oxygen atoms in total. The number of anilines is 2. The van der Waals surface area contributed by atoms with E-state index in [4.69, 9.17) is 14.5 Å². The van der Waals surface area contributed by atoms with Gasteiger partial charge >= 0.3 is 0 Å². The number of ether oxygens (including phenoxy) is 2. The molecule has 2 aliphatic heterocycles. The van der Waals surface area contributed by atoms with Gasteiger partial charge in [-0.15, -0.1) is 11.3 Å². The van der Waals surface area contributed by atoms with Crippen LogP contribution in [0, 0.1) is 17.6 Å². The van der Waals surface area contributed by atoms with Crippen LogP contribution in [0.5, 0.6) is 0 Å². The van der Waals surface area contributed by atoms with Crippen molar-refractivity contribution in [2.45, 2.75) is 13.0 Å². The Hall–Kier alpha value is -2.40. The molecule has 182 valence electrons. The molecule has 1 unspecified atom stereocenters. The molecule has 2 saturated heterocycles. The first-order valence-corrected chi connectivity index (χ1v) is 12.6. The van der Waals surface area contributed by atoms with Crippen molar-refractivity contribution in [1.29, 1.82) is 0 Å². The molecule has 2 fully saturated rings. The first-order valence-electron chi connectivity index (χ1n) is 11.7. The normalized spacial score (nSPS) is 19.2. The van der Waals surface area contributed by atoms with E-state index in [1.54, 1.807) is 11.3 Å². The highest BCUT2D eigenvalue weighted by Gasteiger charge is 2.22. The first kappa shape index (κ1) is 23.3. The van der Waals surface area contributed by atoms with Gasteiger partial charge in [0.05, 0.1) is 25.2 Å². The molecular weight excluding hydrogens is 460 g/mol. The minimum Gasteiger partial charge on any atom is -0.381 e. The molecule has 1 atom stereocenters. The van der Waals surface area contributed by atoms with Gasteiger partial charge in [0, 0.05) is 57.4 Å². The Labute approximate surface area is 201 Å². The van der Waals surface area contributed by atoms with E-state index in [2.05, 4.69) is 26.2 Å². The van der Waals surface area contributed by atoms with Crippen molar-refractivity contribution in [3.05, 3.63) is 46.8 Å². The number of nitrogens with one attached hydrogen (secondary N) is 1. The fourth-order valence-corrected chi connectivity index (χ4v) is 5.14. The Bertz CT molecular complexity index is 1100. The van der Waals surface area contributed by atoms with E-state index in [1.165, 1.54) is 12.1 Å². The summed E-state index contributed by atoms with van der Waals surface area (Å²) in [5, 5.41) is 6.37. The quantitative estimate of drug-likeness (QED) is 0.459. The van der Waals surface area contributed by atoms with E-state index in [1.807, 2.05) is 5.38 Å². The van der Waals surface area contributed by atoms with Gasteiger partial charge in [-0.1, -0.05) is 0 Å². The molecule has 10 heteroatoms. The second-order valence-corrected chi connectivity index (χ2v) is 9.64. The van der Waals surface area contributed by atoms with Gasteiger partial charge in [-0.05, 0) is 36.1 Å². The van der Waals surface area contributed by atoms with Crippen LogP contribution in [0.25, 0.3) is 10.2 Å². The van der Waals surface area contributed by atoms with Crippen molar-refractivity contribution in [2.24, 2.45) is 5.92 Å². The zero-order valence-electron chi connectivity index (χ0n) is 19.0. The van der Waals surface area contributed by atoms with E-state index < -0.39 is 5.82 Å². The van der Waals surface area contributed by atoms with Crippen molar-refractivity contribution >= 4 is 33.3 Å². The van der Waals surface area contributed by atoms with Gasteiger partial charge in [0.1, 0.15) is 22.3 Å². The zero-order valence-corrected chi connectivity index (χ0v) is 19.8. The summed E-state index contributed by atoms with van der Waals surface area (Å²) >= 11 is 1.59. The summed E-state index contributed by atoms with van der Waals surface area (Å²) in [6.45, 7) is 6.97. The highest BCUT2D eigenvalue weighted by Crippen LogP contribution is 2.30. The lowest BCUT2D eigenvalue weighted by Gasteiger charge is -2.35. The van der Waals surface area contributed by atoms with E-state index in [0.29, 0.717) is 37.1 Å². The maximum absolute atomic E-state index is 14.0. The van der Waals surface area contributed by atoms with Crippen LogP contribution in [-0.4, -0.2) is 74.0 Å². The van der Waals surface area contributed by atoms with Crippen LogP contribution in [0.4, 0.5) is 20.5 Å². The molecule has 5 rings (SSSR count). The summed E-state index contributed by atoms with van der Waals surface area (Å²) in [7, 11) is 0. The first-order chi connectivity index (χ1) is 16.7. The van der Waals surface area contributed by atoms with E-state index in [0.717, 1.165) is 74.5 Å². The fourth-order valence-electron chi connectivity index (χ4n) is 4.38. The highest BCUT2D eigenvalue weighted by molar-refractivity contribution is 7.16. The molecule has 34 heavy (non-hydrogen) atoms. The van der Waals surface area contributed by atoms with Crippen LogP contribution in [-0.2, 0) is 16.0 Å². The predicted octanol–water partition coefficient (Wildman–Crippen LogP) is 3.76. The van der Waals surface area contributed by atoms with Crippen LogP contribution in [0.15, 0.2) is 29.6 Å². The third kappa shape index (κ3) is 5.63. The van der Waals surface area contributed by atoms with Crippen molar-refractivity contribution < 1.29 is 18.3 Å². The maximum atomic E-state index is 14.0. The molecular formula is C24H29F2N5O2S. The monoisotopic (exact) mass is 489 g/mol. The molecule has 4 heterocycles. The fraction of sp³-hybridized carbons (Fsp3) is 0.500. The lowest BCUT2D eigenvalue weighted by molar-refractivity contribution is 0.0964. The van der Waals surface area contributed by atoms with Gasteiger partial charge in [-0.25, -0.2) is 13.8 Å². The second kappa shape index (κ2) is 10.9. The molecule has 3 aromatic rings. The molecule has 2 aliphatic rings. The van der Waals surface area contributed by atoms with Gasteiger partial charge < -0.3 is 19.7 Å². The summed E-state index contributed by atoms with van der Waals surface area (Å²) in [6, 6.07) is 5.68. The zero-order chi connectivity index (χ0) is 23.3. The van der Waals surface area contributed by atoms with Gasteiger partial charge in [-0.3, -0.25) is 4.90 Å². The number of halogens is 2. The summed E-state index contributed by atoms with van der Waals surface area (Å²) in [4.78, 5) is 14.8. The molecule has 1 N–H and O–H groups in total. The topological polar surface area (TPSA) is 62.8 Å². The Kier molecular flexibility index (Phi) is 7.48. The molecule has 0 bridgehead atoms. The van der Waals surface area contributed by atoms with Crippen LogP contribution in [0.3, 0.4) is 0 Å². The number of aromatic nitrogens is 2. The maximum Gasteiger partial charge on any atom is 0.226 e. The van der Waals surface area contributed by atoms with Crippen LogP contribution >= 0.6 is 11.3 Å². The van der Waals surface area contributed by atoms with Gasteiger partial charge in [-0.2, -0.15) is 4.98 Å². The van der Waals surface area contributed by atoms with Gasteiger partial charge in [0.15, 0.2) is 0 Å². The third-order valence-corrected chi connectivity index (χ3v) is 7.09. The highest BCUT2D eigenvalue weighted by atomic mass is 32.1. The second-order valence-electron chi connectivity index (χ2n) is 8.74. The summed E-state index contributed by atoms with van der Waals surface area (Å²) in [6.07, 6.45) is 1.07. The van der Waals surface area contributed by atoms with Crippen molar-refractivity contribution in [2.75, 3.05) is 69.4 Å². The third-order valence-electron chi connectivity index (χ3n) is 6.29. The lowest BCUT2D eigenvalue weighted by atomic mass is 10.1. The van der Waals surface area contributed by atoms with Crippen molar-refractivity contribution in [1.82, 2.24) is 14.9 Å². The number of hydrogen-bond donors (Lipinski definition) is 1. The molecule has 1 aromatic carbocycles. The number of nitrogens with zero attached hydrogens (tertiary/aromatic N) is 4. The molecule has 0 spiro atoms. The number of fused-ring (bicyclic) bond motifs is 1. The molecule has 0 aliphatic carbocycles. The average Bonchev–Trinajstić information content (AvgIpc) is 3.53. The molecule has 0 radical (unpaired) electrons. The minimum atomic E-state index is -0.408. The molecule has 0 amide bonds. The molecule has 0 saturated carbocycles. The standard InChI is InChI=1S/C24H29F2N5O2S/c25-19-1-2-21(26)18(13-19)14-30-6-8-31(9-7-30)22-20-4-12-34-23(20)29-24(28-22)27-5-11-33-16-17-3-10-32-15-17/h1-2,4,12-13,17H,3,5-11,14-16H2,(H,27,28,29). The minimum absolute atomic E-state index is 0.365. The number of benzene rings is 1. The number of hydrogen-bond acceptors (Lipinski definition) is 8. The van der Waals surface area contributed by atoms with Crippen LogP contribution < -0.4 is 10.2 Å². The lowest BCUT2D eigenvalue weighted by Crippen LogP contribution is -2.46. The Balaban J connectivity index is 1.18. The largest absolute Gasteiger partial charge is 0.381 e. The van der Waals surface area contributed by atoms with E-state index >= 15 is 0 Å². The Morgan fingerprint density at radius 1 is 1.15 bits per heavy atom. The van der Waals surface area contributed by atoms with Crippen molar-refractivity contribution in [3.63, 3.8) is 0 Å². The number of thiophene rings is 1. The predicted molar refractivity (Wildman–Crippen MR) is 129 cm³/mol. The van der Waals surface area contributed by atoms with E-state index in [-0.39, 0.29) is 5.82 Å². The van der Waals surface area contributed by atoms with Gasteiger partial charge in [0.25, 0.3) is 0 Å². The smallest absolute Gasteiger partial charge is 0.226 e. The van der Waals surface area contributed by atoms with Crippen molar-refractivity contribution in [3.8, 4) is 0 Å². The summed E-state index contributed by atoms with van der Waals surface area (Å²) in [5.74, 6) is 1.24. The van der Waals surface area contributed by atoms with Crippen LogP contribution in [0.1, 0.15) is 12.0 Å².